The molecule has 0 aliphatic rings. The van der Waals surface area contributed by atoms with Crippen LogP contribution in [0.15, 0.2) is 34.7 Å². The van der Waals surface area contributed by atoms with Crippen molar-refractivity contribution in [1.82, 2.24) is 5.32 Å². The first-order valence-electron chi connectivity index (χ1n) is 5.36. The summed E-state index contributed by atoms with van der Waals surface area (Å²) in [5, 5.41) is 3.26. The van der Waals surface area contributed by atoms with Crippen molar-refractivity contribution in [3.8, 4) is 0 Å². The first kappa shape index (κ1) is 12.1. The largest absolute Gasteiger partial charge is 0.465 e. The Labute approximate surface area is 104 Å². The van der Waals surface area contributed by atoms with Crippen LogP contribution in [0.5, 0.6) is 0 Å². The lowest BCUT2D eigenvalue weighted by Gasteiger charge is -2.05. The minimum atomic E-state index is -0.364. The zero-order valence-electron chi connectivity index (χ0n) is 9.47. The van der Waals surface area contributed by atoms with E-state index >= 15 is 0 Å². The maximum atomic E-state index is 13.5. The third kappa shape index (κ3) is 3.08. The third-order valence-electron chi connectivity index (χ3n) is 2.44. The van der Waals surface area contributed by atoms with E-state index in [2.05, 4.69) is 5.32 Å². The fourth-order valence-corrected chi connectivity index (χ4v) is 1.78. The Bertz CT molecular complexity index is 510. The molecule has 0 amide bonds. The van der Waals surface area contributed by atoms with Crippen LogP contribution in [0.3, 0.4) is 0 Å². The highest BCUT2D eigenvalue weighted by Gasteiger charge is 2.05. The molecule has 1 aromatic carbocycles. The van der Waals surface area contributed by atoms with Crippen molar-refractivity contribution in [1.29, 1.82) is 0 Å². The molecule has 0 aliphatic heterocycles. The Morgan fingerprint density at radius 2 is 2.06 bits per heavy atom. The predicted molar refractivity (Wildman–Crippen MR) is 65.4 cm³/mol. The second-order valence-corrected chi connectivity index (χ2v) is 4.24. The van der Waals surface area contributed by atoms with E-state index in [4.69, 9.17) is 16.0 Å². The molecule has 2 nitrogen and oxygen atoms in total. The summed E-state index contributed by atoms with van der Waals surface area (Å²) in [4.78, 5) is 0. The zero-order valence-corrected chi connectivity index (χ0v) is 10.2. The van der Waals surface area contributed by atoms with E-state index < -0.39 is 0 Å². The standard InChI is InChI=1S/C13H13ClFNO/c1-9-5-6-11(17-9)8-16-7-10-3-2-4-12(14)13(10)15/h2-6,16H,7-8H2,1H3. The monoisotopic (exact) mass is 253 g/mol. The lowest BCUT2D eigenvalue weighted by Crippen LogP contribution is -2.13. The number of aryl methyl sites for hydroxylation is 1. The Kier molecular flexibility index (Phi) is 3.82. The average Bonchev–Trinajstić information content (AvgIpc) is 2.70. The molecule has 1 heterocycles. The first-order chi connectivity index (χ1) is 8.16. The number of furan rings is 1. The Hall–Kier alpha value is -1.32. The molecular formula is C13H13ClFNO. The van der Waals surface area contributed by atoms with Crippen molar-refractivity contribution in [2.75, 3.05) is 0 Å². The Morgan fingerprint density at radius 1 is 1.24 bits per heavy atom. The lowest BCUT2D eigenvalue weighted by atomic mass is 10.2. The average molecular weight is 254 g/mol. The van der Waals surface area contributed by atoms with Crippen molar-refractivity contribution in [3.05, 3.63) is 58.3 Å². The Balaban J connectivity index is 1.92. The van der Waals surface area contributed by atoms with Gasteiger partial charge in [0.25, 0.3) is 0 Å². The van der Waals surface area contributed by atoms with Gasteiger partial charge in [0, 0.05) is 12.1 Å². The third-order valence-corrected chi connectivity index (χ3v) is 2.73. The molecular weight excluding hydrogens is 241 g/mol. The SMILES string of the molecule is Cc1ccc(CNCc2cccc(Cl)c2F)o1. The number of nitrogens with one attached hydrogen (secondary N) is 1. The van der Waals surface area contributed by atoms with Crippen LogP contribution in [0.2, 0.25) is 5.02 Å². The van der Waals surface area contributed by atoms with Crippen molar-refractivity contribution < 1.29 is 8.81 Å². The van der Waals surface area contributed by atoms with Crippen LogP contribution in [0, 0.1) is 12.7 Å². The van der Waals surface area contributed by atoms with Crippen molar-refractivity contribution in [3.63, 3.8) is 0 Å². The molecule has 1 aromatic heterocycles. The van der Waals surface area contributed by atoms with Crippen molar-refractivity contribution in [2.45, 2.75) is 20.0 Å². The van der Waals surface area contributed by atoms with Gasteiger partial charge in [-0.3, -0.25) is 0 Å². The molecule has 0 aliphatic carbocycles. The smallest absolute Gasteiger partial charge is 0.146 e. The van der Waals surface area contributed by atoms with Gasteiger partial charge in [-0.25, -0.2) is 4.39 Å². The summed E-state index contributed by atoms with van der Waals surface area (Å²) in [6, 6.07) is 8.78. The molecule has 0 atom stereocenters. The van der Waals surface area contributed by atoms with Crippen LogP contribution in [-0.2, 0) is 13.1 Å². The number of halogens is 2. The van der Waals surface area contributed by atoms with E-state index in [1.54, 1.807) is 12.1 Å². The Morgan fingerprint density at radius 3 is 2.76 bits per heavy atom. The number of hydrogen-bond acceptors (Lipinski definition) is 2. The molecule has 2 rings (SSSR count). The summed E-state index contributed by atoms with van der Waals surface area (Å²) < 4.78 is 18.9. The van der Waals surface area contributed by atoms with Crippen LogP contribution in [0.25, 0.3) is 0 Å². The summed E-state index contributed by atoms with van der Waals surface area (Å²) in [5.41, 5.74) is 0.556. The summed E-state index contributed by atoms with van der Waals surface area (Å²) in [6.45, 7) is 2.88. The fourth-order valence-electron chi connectivity index (χ4n) is 1.59. The molecule has 0 saturated heterocycles. The summed E-state index contributed by atoms with van der Waals surface area (Å²) in [7, 11) is 0. The number of benzene rings is 1. The van der Waals surface area contributed by atoms with Gasteiger partial charge in [-0.15, -0.1) is 0 Å². The molecule has 0 saturated carbocycles. The van der Waals surface area contributed by atoms with Gasteiger partial charge in [-0.1, -0.05) is 23.7 Å². The maximum absolute atomic E-state index is 13.5. The quantitative estimate of drug-likeness (QED) is 0.899. The summed E-state index contributed by atoms with van der Waals surface area (Å²) >= 11 is 5.69. The predicted octanol–water partition coefficient (Wildman–Crippen LogP) is 3.67. The van der Waals surface area contributed by atoms with Crippen molar-refractivity contribution >= 4 is 11.6 Å². The normalized spacial score (nSPS) is 10.8. The van der Waals surface area contributed by atoms with Gasteiger partial charge in [-0.05, 0) is 25.1 Å². The van der Waals surface area contributed by atoms with Gasteiger partial charge < -0.3 is 9.73 Å². The maximum Gasteiger partial charge on any atom is 0.146 e. The molecule has 0 bridgehead atoms. The van der Waals surface area contributed by atoms with Crippen molar-refractivity contribution in [2.24, 2.45) is 0 Å². The van der Waals surface area contributed by atoms with E-state index in [1.807, 2.05) is 19.1 Å². The molecule has 4 heteroatoms. The lowest BCUT2D eigenvalue weighted by molar-refractivity contribution is 0.459. The zero-order chi connectivity index (χ0) is 12.3. The minimum absolute atomic E-state index is 0.151. The molecule has 0 fully saturated rings. The van der Waals surface area contributed by atoms with E-state index in [0.717, 1.165) is 11.5 Å². The molecule has 17 heavy (non-hydrogen) atoms. The van der Waals surface area contributed by atoms with Crippen LogP contribution in [-0.4, -0.2) is 0 Å². The van der Waals surface area contributed by atoms with E-state index in [1.165, 1.54) is 6.07 Å². The van der Waals surface area contributed by atoms with Gasteiger partial charge in [0.1, 0.15) is 17.3 Å². The minimum Gasteiger partial charge on any atom is -0.465 e. The summed E-state index contributed by atoms with van der Waals surface area (Å²) in [6.07, 6.45) is 0. The fraction of sp³-hybridized carbons (Fsp3) is 0.231. The van der Waals surface area contributed by atoms with E-state index in [9.17, 15) is 4.39 Å². The van der Waals surface area contributed by atoms with Gasteiger partial charge in [0.15, 0.2) is 0 Å². The molecule has 0 radical (unpaired) electrons. The van der Waals surface area contributed by atoms with Gasteiger partial charge in [0.2, 0.25) is 0 Å². The molecule has 1 N–H and O–H groups in total. The number of rotatable bonds is 4. The van der Waals surface area contributed by atoms with E-state index in [0.29, 0.717) is 18.7 Å². The second-order valence-electron chi connectivity index (χ2n) is 3.83. The summed E-state index contributed by atoms with van der Waals surface area (Å²) in [5.74, 6) is 1.35. The molecule has 90 valence electrons. The van der Waals surface area contributed by atoms with Crippen LogP contribution >= 0.6 is 11.6 Å². The van der Waals surface area contributed by atoms with E-state index in [-0.39, 0.29) is 10.8 Å². The van der Waals surface area contributed by atoms with Crippen LogP contribution < -0.4 is 5.32 Å². The first-order valence-corrected chi connectivity index (χ1v) is 5.73. The highest BCUT2D eigenvalue weighted by molar-refractivity contribution is 6.30. The van der Waals surface area contributed by atoms with Crippen LogP contribution in [0.4, 0.5) is 4.39 Å². The molecule has 0 unspecified atom stereocenters. The van der Waals surface area contributed by atoms with Gasteiger partial charge in [-0.2, -0.15) is 0 Å². The van der Waals surface area contributed by atoms with Gasteiger partial charge in [0.05, 0.1) is 11.6 Å². The van der Waals surface area contributed by atoms with Gasteiger partial charge >= 0.3 is 0 Å². The highest BCUT2D eigenvalue weighted by atomic mass is 35.5. The molecule has 0 spiro atoms. The number of hydrogen-bond donors (Lipinski definition) is 1. The van der Waals surface area contributed by atoms with Crippen LogP contribution in [0.1, 0.15) is 17.1 Å². The second kappa shape index (κ2) is 5.34. The topological polar surface area (TPSA) is 25.2 Å². The molecule has 2 aromatic rings. The highest BCUT2D eigenvalue weighted by Crippen LogP contribution is 2.17.